The average molecular weight is 282 g/mol. The fourth-order valence-electron chi connectivity index (χ4n) is 1.01. The first kappa shape index (κ1) is 17.7. The van der Waals surface area contributed by atoms with E-state index in [2.05, 4.69) is 10.7 Å². The Bertz CT molecular complexity index is 415. The van der Waals surface area contributed by atoms with Crippen LogP contribution < -0.4 is 22.3 Å². The van der Waals surface area contributed by atoms with Gasteiger partial charge in [-0.3, -0.25) is 10.6 Å². The lowest BCUT2D eigenvalue weighted by atomic mass is 10.2. The summed E-state index contributed by atoms with van der Waals surface area (Å²) >= 11 is 0. The molecule has 0 saturated carbocycles. The van der Waals surface area contributed by atoms with Crippen LogP contribution in [0, 0.1) is 0 Å². The number of nitrogens with one attached hydrogen (secondary N) is 2. The highest BCUT2D eigenvalue weighted by atomic mass is 16.6. The fourth-order valence-corrected chi connectivity index (χ4v) is 1.01. The Morgan fingerprint density at radius 2 is 1.75 bits per heavy atom. The van der Waals surface area contributed by atoms with Crippen LogP contribution in [0.15, 0.2) is 30.3 Å². The molecule has 0 fully saturated rings. The van der Waals surface area contributed by atoms with E-state index >= 15 is 0 Å². The number of para-hydroxylation sites is 1. The van der Waals surface area contributed by atoms with Crippen LogP contribution in [-0.4, -0.2) is 24.1 Å². The van der Waals surface area contributed by atoms with Crippen molar-refractivity contribution in [2.75, 3.05) is 12.0 Å². The van der Waals surface area contributed by atoms with Crippen LogP contribution in [0.25, 0.3) is 0 Å². The molecule has 0 bridgehead atoms. The highest BCUT2D eigenvalue weighted by Gasteiger charge is 2.15. The normalized spacial score (nSPS) is 9.80. The van der Waals surface area contributed by atoms with Crippen LogP contribution in [0.4, 0.5) is 10.5 Å². The Hall–Kier alpha value is -2.28. The smallest absolute Gasteiger partial charge is 0.408 e. The standard InChI is InChI=1S/C7H14N2O3.C6H8N2/c1-7(2,3)12-6(11)9-4-5(8)10;7-8-6-4-2-1-3-5-6/h4H2,1-3H3,(H2,8,10)(H,9,11);1-5,8H,7H2. The van der Waals surface area contributed by atoms with Crippen molar-refractivity contribution in [3.05, 3.63) is 30.3 Å². The lowest BCUT2D eigenvalue weighted by Crippen LogP contribution is -2.37. The third-order valence-corrected chi connectivity index (χ3v) is 1.75. The molecule has 6 N–H and O–H groups in total. The van der Waals surface area contributed by atoms with Gasteiger partial charge in [0.1, 0.15) is 5.60 Å². The van der Waals surface area contributed by atoms with Gasteiger partial charge in [0.2, 0.25) is 5.91 Å². The number of carbonyl (C=O) groups is 2. The highest BCUT2D eigenvalue weighted by Crippen LogP contribution is 2.05. The van der Waals surface area contributed by atoms with Crippen molar-refractivity contribution in [3.63, 3.8) is 0 Å². The first-order valence-corrected chi connectivity index (χ1v) is 6.01. The Morgan fingerprint density at radius 1 is 1.20 bits per heavy atom. The number of primary amides is 1. The maximum absolute atomic E-state index is 10.8. The van der Waals surface area contributed by atoms with E-state index in [4.69, 9.17) is 16.3 Å². The average Bonchev–Trinajstić information content (AvgIpc) is 2.36. The first-order chi connectivity index (χ1) is 9.24. The second-order valence-electron chi connectivity index (χ2n) is 4.83. The zero-order valence-corrected chi connectivity index (χ0v) is 12.0. The zero-order chi connectivity index (χ0) is 15.6. The van der Waals surface area contributed by atoms with Gasteiger partial charge in [-0.1, -0.05) is 18.2 Å². The van der Waals surface area contributed by atoms with Gasteiger partial charge in [-0.2, -0.15) is 0 Å². The second kappa shape index (κ2) is 8.76. The van der Waals surface area contributed by atoms with Gasteiger partial charge in [-0.15, -0.1) is 0 Å². The molecule has 1 aromatic carbocycles. The minimum Gasteiger partial charge on any atom is -0.444 e. The van der Waals surface area contributed by atoms with Crippen LogP contribution in [0.1, 0.15) is 20.8 Å². The van der Waals surface area contributed by atoms with E-state index in [1.807, 2.05) is 30.3 Å². The number of hydrogen-bond donors (Lipinski definition) is 4. The van der Waals surface area contributed by atoms with Crippen molar-refractivity contribution in [2.24, 2.45) is 11.6 Å². The largest absolute Gasteiger partial charge is 0.444 e. The number of ether oxygens (including phenoxy) is 1. The van der Waals surface area contributed by atoms with E-state index in [9.17, 15) is 9.59 Å². The summed E-state index contributed by atoms with van der Waals surface area (Å²) in [5, 5.41) is 2.20. The van der Waals surface area contributed by atoms with Crippen molar-refractivity contribution >= 4 is 17.7 Å². The molecule has 7 heteroatoms. The van der Waals surface area contributed by atoms with Gasteiger partial charge in [0, 0.05) is 5.69 Å². The number of alkyl carbamates (subject to hydrolysis) is 1. The number of anilines is 1. The molecule has 0 spiro atoms. The summed E-state index contributed by atoms with van der Waals surface area (Å²) in [5.41, 5.74) is 7.71. The van der Waals surface area contributed by atoms with E-state index in [0.29, 0.717) is 0 Å². The van der Waals surface area contributed by atoms with Crippen molar-refractivity contribution in [1.82, 2.24) is 5.32 Å². The minimum absolute atomic E-state index is 0.199. The van der Waals surface area contributed by atoms with Crippen molar-refractivity contribution in [3.8, 4) is 0 Å². The molecular formula is C13H22N4O3. The monoisotopic (exact) mass is 282 g/mol. The third kappa shape index (κ3) is 10.8. The van der Waals surface area contributed by atoms with Crippen molar-refractivity contribution in [1.29, 1.82) is 0 Å². The molecule has 2 amide bonds. The predicted molar refractivity (Wildman–Crippen MR) is 77.7 cm³/mol. The molecule has 0 unspecified atom stereocenters. The van der Waals surface area contributed by atoms with Crippen LogP contribution in [0.2, 0.25) is 0 Å². The van der Waals surface area contributed by atoms with Gasteiger partial charge in [-0.05, 0) is 32.9 Å². The van der Waals surface area contributed by atoms with Gasteiger partial charge in [0.15, 0.2) is 0 Å². The van der Waals surface area contributed by atoms with E-state index in [0.717, 1.165) is 5.69 Å². The van der Waals surface area contributed by atoms with E-state index in [-0.39, 0.29) is 6.54 Å². The number of amides is 2. The fraction of sp³-hybridized carbons (Fsp3) is 0.385. The van der Waals surface area contributed by atoms with E-state index < -0.39 is 17.6 Å². The maximum Gasteiger partial charge on any atom is 0.408 e. The number of rotatable bonds is 3. The molecule has 20 heavy (non-hydrogen) atoms. The molecule has 0 radical (unpaired) electrons. The quantitative estimate of drug-likeness (QED) is 0.486. The Labute approximate surface area is 118 Å². The number of hydrazine groups is 1. The summed E-state index contributed by atoms with van der Waals surface area (Å²) < 4.78 is 4.83. The first-order valence-electron chi connectivity index (χ1n) is 6.01. The molecule has 1 aromatic rings. The van der Waals surface area contributed by atoms with E-state index in [1.165, 1.54) is 0 Å². The number of nitrogen functional groups attached to an aromatic ring is 1. The van der Waals surface area contributed by atoms with E-state index in [1.54, 1.807) is 20.8 Å². The summed E-state index contributed by atoms with van der Waals surface area (Å²) in [7, 11) is 0. The minimum atomic E-state index is -0.638. The number of benzene rings is 1. The Balaban J connectivity index is 0.000000388. The lowest BCUT2D eigenvalue weighted by molar-refractivity contribution is -0.117. The predicted octanol–water partition coefficient (Wildman–Crippen LogP) is 0.969. The van der Waals surface area contributed by atoms with Crippen molar-refractivity contribution < 1.29 is 14.3 Å². The molecule has 0 heterocycles. The summed E-state index contributed by atoms with van der Waals surface area (Å²) in [6.07, 6.45) is -0.638. The van der Waals surface area contributed by atoms with Gasteiger partial charge in [0.25, 0.3) is 0 Å². The molecule has 0 atom stereocenters. The van der Waals surface area contributed by atoms with Crippen LogP contribution in [0.5, 0.6) is 0 Å². The summed E-state index contributed by atoms with van der Waals surface area (Å²) in [6, 6.07) is 9.60. The molecule has 0 saturated heterocycles. The topological polar surface area (TPSA) is 119 Å². The molecule has 0 aliphatic carbocycles. The third-order valence-electron chi connectivity index (χ3n) is 1.75. The zero-order valence-electron chi connectivity index (χ0n) is 12.0. The highest BCUT2D eigenvalue weighted by molar-refractivity contribution is 5.80. The Morgan fingerprint density at radius 3 is 2.10 bits per heavy atom. The second-order valence-corrected chi connectivity index (χ2v) is 4.83. The van der Waals surface area contributed by atoms with Gasteiger partial charge in [-0.25, -0.2) is 4.79 Å². The lowest BCUT2D eigenvalue weighted by Gasteiger charge is -2.19. The maximum atomic E-state index is 10.8. The van der Waals surface area contributed by atoms with Gasteiger partial charge < -0.3 is 21.2 Å². The molecule has 7 nitrogen and oxygen atoms in total. The summed E-state index contributed by atoms with van der Waals surface area (Å²) in [6.45, 7) is 5.00. The number of nitrogens with two attached hydrogens (primary N) is 2. The molecule has 1 rings (SSSR count). The SMILES string of the molecule is CC(C)(C)OC(=O)NCC(N)=O.NNc1ccccc1. The van der Waals surface area contributed by atoms with Gasteiger partial charge >= 0.3 is 6.09 Å². The van der Waals surface area contributed by atoms with Crippen LogP contribution in [-0.2, 0) is 9.53 Å². The molecule has 0 aliphatic heterocycles. The van der Waals surface area contributed by atoms with Crippen molar-refractivity contribution in [2.45, 2.75) is 26.4 Å². The summed E-state index contributed by atoms with van der Waals surface area (Å²) in [5.74, 6) is 4.50. The molecule has 112 valence electrons. The number of carbonyl (C=O) groups excluding carboxylic acids is 2. The Kier molecular flexibility index (Phi) is 7.76. The molecule has 0 aromatic heterocycles. The molecular weight excluding hydrogens is 260 g/mol. The van der Waals surface area contributed by atoms with Crippen LogP contribution >= 0.6 is 0 Å². The summed E-state index contributed by atoms with van der Waals surface area (Å²) in [4.78, 5) is 21.0. The van der Waals surface area contributed by atoms with Crippen LogP contribution in [0.3, 0.4) is 0 Å². The number of hydrogen-bond acceptors (Lipinski definition) is 5. The van der Waals surface area contributed by atoms with Gasteiger partial charge in [0.05, 0.1) is 6.54 Å². The molecule has 0 aliphatic rings.